The smallest absolute Gasteiger partial charge is 0.175 e. The molecule has 1 atom stereocenters. The van der Waals surface area contributed by atoms with Crippen molar-refractivity contribution in [2.24, 2.45) is 0 Å². The number of benzene rings is 1. The topological polar surface area (TPSA) is 38.7 Å². The van der Waals surface area contributed by atoms with Gasteiger partial charge in [-0.1, -0.05) is 25.1 Å². The van der Waals surface area contributed by atoms with Gasteiger partial charge in [-0.2, -0.15) is 0 Å². The maximum Gasteiger partial charge on any atom is 0.175 e. The van der Waals surface area contributed by atoms with E-state index in [1.54, 1.807) is 0 Å². The van der Waals surface area contributed by atoms with Crippen LogP contribution in [0.2, 0.25) is 0 Å². The van der Waals surface area contributed by atoms with Gasteiger partial charge in [0.1, 0.15) is 0 Å². The standard InChI is InChI=1S/C13H19N3OS/c1-2-12(17)8-15-9-14-13(18)16(10-15)11-6-4-3-5-7-11/h3-7,12,17H,2,8-10H2,1H3,(H,14,18). The van der Waals surface area contributed by atoms with Gasteiger partial charge in [-0.05, 0) is 30.8 Å². The van der Waals surface area contributed by atoms with E-state index < -0.39 is 0 Å². The summed E-state index contributed by atoms with van der Waals surface area (Å²) in [5.41, 5.74) is 1.07. The molecule has 98 valence electrons. The van der Waals surface area contributed by atoms with Gasteiger partial charge < -0.3 is 15.3 Å². The number of anilines is 1. The molecule has 0 spiro atoms. The van der Waals surface area contributed by atoms with E-state index >= 15 is 0 Å². The van der Waals surface area contributed by atoms with Crippen molar-refractivity contribution in [1.82, 2.24) is 10.2 Å². The third-order valence-electron chi connectivity index (χ3n) is 3.05. The second kappa shape index (κ2) is 6.13. The van der Waals surface area contributed by atoms with Crippen molar-refractivity contribution < 1.29 is 5.11 Å². The van der Waals surface area contributed by atoms with Crippen LogP contribution in [0.1, 0.15) is 13.3 Å². The van der Waals surface area contributed by atoms with E-state index in [4.69, 9.17) is 12.2 Å². The molecule has 0 amide bonds. The fourth-order valence-electron chi connectivity index (χ4n) is 1.95. The number of hydrogen-bond acceptors (Lipinski definition) is 3. The zero-order valence-corrected chi connectivity index (χ0v) is 11.4. The van der Waals surface area contributed by atoms with Crippen LogP contribution in [0.4, 0.5) is 5.69 Å². The molecule has 1 unspecified atom stereocenters. The van der Waals surface area contributed by atoms with E-state index in [1.807, 2.05) is 42.2 Å². The van der Waals surface area contributed by atoms with Gasteiger partial charge >= 0.3 is 0 Å². The third-order valence-corrected chi connectivity index (χ3v) is 3.41. The Labute approximate surface area is 113 Å². The SMILES string of the molecule is CCC(O)CN1CNC(=S)N(c2ccccc2)C1. The number of β-amino-alcohol motifs (C(OH)–C–C–N with tert-alkyl or cyclic N) is 1. The predicted octanol–water partition coefficient (Wildman–Crippen LogP) is 1.37. The monoisotopic (exact) mass is 265 g/mol. The van der Waals surface area contributed by atoms with Crippen LogP contribution in [-0.4, -0.2) is 41.1 Å². The first kappa shape index (κ1) is 13.3. The number of hydrogen-bond donors (Lipinski definition) is 2. The van der Waals surface area contributed by atoms with Crippen molar-refractivity contribution in [2.75, 3.05) is 24.8 Å². The molecule has 0 radical (unpaired) electrons. The molecule has 2 N–H and O–H groups in total. The Balaban J connectivity index is 2.03. The van der Waals surface area contributed by atoms with Crippen LogP contribution in [-0.2, 0) is 0 Å². The highest BCUT2D eigenvalue weighted by Crippen LogP contribution is 2.16. The van der Waals surface area contributed by atoms with Gasteiger partial charge in [-0.3, -0.25) is 4.90 Å². The lowest BCUT2D eigenvalue weighted by Gasteiger charge is -2.38. The zero-order valence-electron chi connectivity index (χ0n) is 10.5. The Morgan fingerprint density at radius 2 is 2.11 bits per heavy atom. The normalized spacial score (nSPS) is 18.6. The molecular formula is C13H19N3OS. The lowest BCUT2D eigenvalue weighted by Crippen LogP contribution is -2.57. The minimum atomic E-state index is -0.281. The van der Waals surface area contributed by atoms with Gasteiger partial charge in [-0.25, -0.2) is 0 Å². The van der Waals surface area contributed by atoms with E-state index in [0.29, 0.717) is 19.9 Å². The summed E-state index contributed by atoms with van der Waals surface area (Å²) in [5, 5.41) is 13.6. The fraction of sp³-hybridized carbons (Fsp3) is 0.462. The molecule has 1 aromatic carbocycles. The van der Waals surface area contributed by atoms with E-state index in [9.17, 15) is 5.11 Å². The number of nitrogens with one attached hydrogen (secondary N) is 1. The number of rotatable bonds is 4. The van der Waals surface area contributed by atoms with Gasteiger partial charge in [0.15, 0.2) is 5.11 Å². The van der Waals surface area contributed by atoms with Gasteiger partial charge in [-0.15, -0.1) is 0 Å². The zero-order chi connectivity index (χ0) is 13.0. The Morgan fingerprint density at radius 1 is 1.39 bits per heavy atom. The highest BCUT2D eigenvalue weighted by molar-refractivity contribution is 7.80. The Bertz CT molecular complexity index is 398. The van der Waals surface area contributed by atoms with Crippen LogP contribution < -0.4 is 10.2 Å². The number of aliphatic hydroxyl groups excluding tert-OH is 1. The molecule has 0 aromatic heterocycles. The molecule has 2 rings (SSSR count). The summed E-state index contributed by atoms with van der Waals surface area (Å²) < 4.78 is 0. The molecule has 1 heterocycles. The number of nitrogens with zero attached hydrogens (tertiary/aromatic N) is 2. The first-order valence-corrected chi connectivity index (χ1v) is 6.62. The van der Waals surface area contributed by atoms with Crippen LogP contribution in [0.3, 0.4) is 0 Å². The predicted molar refractivity (Wildman–Crippen MR) is 77.4 cm³/mol. The summed E-state index contributed by atoms with van der Waals surface area (Å²) in [6, 6.07) is 10.1. The van der Waals surface area contributed by atoms with E-state index in [1.165, 1.54) is 0 Å². The molecule has 1 aromatic rings. The average Bonchev–Trinajstić information content (AvgIpc) is 2.42. The van der Waals surface area contributed by atoms with E-state index in [2.05, 4.69) is 10.2 Å². The van der Waals surface area contributed by atoms with Crippen LogP contribution in [0, 0.1) is 0 Å². The van der Waals surface area contributed by atoms with Crippen molar-refractivity contribution in [3.63, 3.8) is 0 Å². The third kappa shape index (κ3) is 3.19. The highest BCUT2D eigenvalue weighted by atomic mass is 32.1. The Hall–Kier alpha value is -1.17. The van der Waals surface area contributed by atoms with Crippen molar-refractivity contribution in [3.8, 4) is 0 Å². The molecule has 1 saturated heterocycles. The Morgan fingerprint density at radius 3 is 2.78 bits per heavy atom. The van der Waals surface area contributed by atoms with Gasteiger partial charge in [0.2, 0.25) is 0 Å². The summed E-state index contributed by atoms with van der Waals surface area (Å²) in [6.45, 7) is 4.06. The summed E-state index contributed by atoms with van der Waals surface area (Å²) in [7, 11) is 0. The molecular weight excluding hydrogens is 246 g/mol. The number of para-hydroxylation sites is 1. The Kier molecular flexibility index (Phi) is 4.52. The van der Waals surface area contributed by atoms with Crippen LogP contribution in [0.15, 0.2) is 30.3 Å². The summed E-state index contributed by atoms with van der Waals surface area (Å²) in [4.78, 5) is 4.19. The number of thiocarbonyl (C=S) groups is 1. The van der Waals surface area contributed by atoms with Gasteiger partial charge in [0.25, 0.3) is 0 Å². The summed E-state index contributed by atoms with van der Waals surface area (Å²) in [6.07, 6.45) is 0.489. The largest absolute Gasteiger partial charge is 0.392 e. The second-order valence-electron chi connectivity index (χ2n) is 4.46. The van der Waals surface area contributed by atoms with E-state index in [-0.39, 0.29) is 6.10 Å². The molecule has 1 aliphatic rings. The second-order valence-corrected chi connectivity index (χ2v) is 4.85. The van der Waals surface area contributed by atoms with Crippen LogP contribution >= 0.6 is 12.2 Å². The average molecular weight is 265 g/mol. The molecule has 0 aliphatic carbocycles. The molecule has 5 heteroatoms. The van der Waals surface area contributed by atoms with Gasteiger partial charge in [0, 0.05) is 12.2 Å². The summed E-state index contributed by atoms with van der Waals surface area (Å²) >= 11 is 5.33. The van der Waals surface area contributed by atoms with Crippen LogP contribution in [0.5, 0.6) is 0 Å². The fourth-order valence-corrected chi connectivity index (χ4v) is 2.17. The van der Waals surface area contributed by atoms with Gasteiger partial charge in [0.05, 0.1) is 19.4 Å². The van der Waals surface area contributed by atoms with Crippen molar-refractivity contribution in [2.45, 2.75) is 19.4 Å². The van der Waals surface area contributed by atoms with Crippen LogP contribution in [0.25, 0.3) is 0 Å². The van der Waals surface area contributed by atoms with Crippen molar-refractivity contribution in [1.29, 1.82) is 0 Å². The molecule has 0 saturated carbocycles. The maximum atomic E-state index is 9.71. The molecule has 1 fully saturated rings. The lowest BCUT2D eigenvalue weighted by molar-refractivity contribution is 0.106. The first-order chi connectivity index (χ1) is 8.70. The first-order valence-electron chi connectivity index (χ1n) is 6.21. The quantitative estimate of drug-likeness (QED) is 0.805. The van der Waals surface area contributed by atoms with Crippen molar-refractivity contribution in [3.05, 3.63) is 30.3 Å². The van der Waals surface area contributed by atoms with Crippen molar-refractivity contribution >= 4 is 23.0 Å². The minimum Gasteiger partial charge on any atom is -0.392 e. The molecule has 1 aliphatic heterocycles. The lowest BCUT2D eigenvalue weighted by atomic mass is 10.2. The maximum absolute atomic E-state index is 9.71. The molecule has 0 bridgehead atoms. The molecule has 4 nitrogen and oxygen atoms in total. The van der Waals surface area contributed by atoms with E-state index in [0.717, 1.165) is 17.2 Å². The number of aliphatic hydroxyl groups is 1. The molecule has 18 heavy (non-hydrogen) atoms. The minimum absolute atomic E-state index is 0.281. The summed E-state index contributed by atoms with van der Waals surface area (Å²) in [5.74, 6) is 0. The highest BCUT2D eigenvalue weighted by Gasteiger charge is 2.22.